The van der Waals surface area contributed by atoms with Gasteiger partial charge in [-0.25, -0.2) is 14.4 Å². The molecule has 4 nitrogen and oxygen atoms in total. The van der Waals surface area contributed by atoms with E-state index >= 15 is 0 Å². The highest BCUT2D eigenvalue weighted by Gasteiger charge is 2.16. The first-order valence-electron chi connectivity index (χ1n) is 6.98. The number of halogens is 1. The third kappa shape index (κ3) is 2.76. The van der Waals surface area contributed by atoms with Gasteiger partial charge in [-0.3, -0.25) is 4.98 Å². The third-order valence-electron chi connectivity index (χ3n) is 3.35. The van der Waals surface area contributed by atoms with E-state index in [0.717, 1.165) is 10.4 Å². The van der Waals surface area contributed by atoms with Crippen LogP contribution in [-0.4, -0.2) is 16.7 Å². The summed E-state index contributed by atoms with van der Waals surface area (Å²) >= 11 is 1.56. The van der Waals surface area contributed by atoms with Crippen LogP contribution in [0, 0.1) is 5.82 Å². The third-order valence-corrected chi connectivity index (χ3v) is 4.22. The predicted octanol–water partition coefficient (Wildman–Crippen LogP) is 4.23. The molecule has 3 aromatic rings. The summed E-state index contributed by atoms with van der Waals surface area (Å²) in [7, 11) is 0. The average Bonchev–Trinajstić information content (AvgIpc) is 3.04. The van der Waals surface area contributed by atoms with Gasteiger partial charge in [-0.1, -0.05) is 6.07 Å². The number of aliphatic imine (C=N–C) groups is 2. The van der Waals surface area contributed by atoms with Crippen molar-refractivity contribution in [2.24, 2.45) is 9.98 Å². The normalized spacial score (nSPS) is 13.4. The summed E-state index contributed by atoms with van der Waals surface area (Å²) in [4.78, 5) is 14.2. The summed E-state index contributed by atoms with van der Waals surface area (Å²) in [6.07, 6.45) is 3.39. The van der Waals surface area contributed by atoms with Crippen molar-refractivity contribution in [2.75, 3.05) is 5.32 Å². The van der Waals surface area contributed by atoms with Gasteiger partial charge in [0.25, 0.3) is 0 Å². The number of benzene rings is 1. The minimum absolute atomic E-state index is 0.319. The Balaban J connectivity index is 1.90. The number of thiophene rings is 1. The predicted molar refractivity (Wildman–Crippen MR) is 91.3 cm³/mol. The van der Waals surface area contributed by atoms with E-state index in [4.69, 9.17) is 0 Å². The lowest BCUT2D eigenvalue weighted by Crippen LogP contribution is -2.14. The van der Waals surface area contributed by atoms with Crippen LogP contribution < -0.4 is 5.32 Å². The van der Waals surface area contributed by atoms with Crippen LogP contribution in [0.4, 0.5) is 15.8 Å². The molecule has 0 atom stereocenters. The first kappa shape index (κ1) is 13.8. The van der Waals surface area contributed by atoms with Crippen molar-refractivity contribution in [1.29, 1.82) is 0 Å². The fourth-order valence-electron chi connectivity index (χ4n) is 2.27. The van der Waals surface area contributed by atoms with Gasteiger partial charge >= 0.3 is 0 Å². The molecular weight excluding hydrogens is 311 g/mol. The standard InChI is InChI=1S/C17H11FN4S/c18-12-3-4-13-14(10-12)21-16(11-5-7-19-8-6-11)22-17(20-13)15-2-1-9-23-15/h1-10H,(H,20,21,22). The summed E-state index contributed by atoms with van der Waals surface area (Å²) in [6, 6.07) is 12.1. The van der Waals surface area contributed by atoms with Crippen LogP contribution in [-0.2, 0) is 0 Å². The van der Waals surface area contributed by atoms with Crippen LogP contribution in [0.2, 0.25) is 0 Å². The molecule has 0 saturated carbocycles. The molecule has 1 N–H and O–H groups in total. The number of aromatic nitrogens is 1. The summed E-state index contributed by atoms with van der Waals surface area (Å²) in [5.74, 6) is 0.897. The molecule has 0 aliphatic carbocycles. The van der Waals surface area contributed by atoms with Crippen molar-refractivity contribution < 1.29 is 4.39 Å². The van der Waals surface area contributed by atoms with Crippen molar-refractivity contribution in [3.8, 4) is 0 Å². The Kier molecular flexibility index (Phi) is 3.44. The summed E-state index contributed by atoms with van der Waals surface area (Å²) in [5, 5.41) is 5.16. The molecule has 0 amide bonds. The maximum Gasteiger partial charge on any atom is 0.172 e. The number of pyridine rings is 1. The Morgan fingerprint density at radius 3 is 2.65 bits per heavy atom. The smallest absolute Gasteiger partial charge is 0.172 e. The summed E-state index contributed by atoms with van der Waals surface area (Å²) < 4.78 is 13.6. The molecule has 1 aromatic carbocycles. The zero-order chi connectivity index (χ0) is 15.6. The molecule has 112 valence electrons. The first-order chi connectivity index (χ1) is 11.3. The van der Waals surface area contributed by atoms with Crippen LogP contribution in [0.1, 0.15) is 10.4 Å². The molecule has 0 spiro atoms. The first-order valence-corrected chi connectivity index (χ1v) is 7.86. The van der Waals surface area contributed by atoms with E-state index in [0.29, 0.717) is 23.0 Å². The lowest BCUT2D eigenvalue weighted by molar-refractivity contribution is 0.628. The lowest BCUT2D eigenvalue weighted by Gasteiger charge is -2.09. The largest absolute Gasteiger partial charge is 0.338 e. The molecule has 1 aliphatic heterocycles. The van der Waals surface area contributed by atoms with E-state index in [1.54, 1.807) is 29.8 Å². The van der Waals surface area contributed by atoms with Crippen molar-refractivity contribution in [3.63, 3.8) is 0 Å². The molecule has 0 fully saturated rings. The number of fused-ring (bicyclic) bond motifs is 1. The van der Waals surface area contributed by atoms with Gasteiger partial charge in [0.2, 0.25) is 0 Å². The van der Waals surface area contributed by atoms with Gasteiger partial charge in [-0.2, -0.15) is 0 Å². The van der Waals surface area contributed by atoms with Gasteiger partial charge in [0.15, 0.2) is 5.84 Å². The van der Waals surface area contributed by atoms with E-state index < -0.39 is 0 Å². The minimum atomic E-state index is -0.319. The fraction of sp³-hybridized carbons (Fsp3) is 0. The molecule has 0 saturated heterocycles. The van der Waals surface area contributed by atoms with Crippen LogP contribution >= 0.6 is 11.3 Å². The topological polar surface area (TPSA) is 49.6 Å². The zero-order valence-electron chi connectivity index (χ0n) is 11.9. The Morgan fingerprint density at radius 1 is 1.00 bits per heavy atom. The van der Waals surface area contributed by atoms with Gasteiger partial charge < -0.3 is 5.32 Å². The molecule has 3 heterocycles. The van der Waals surface area contributed by atoms with E-state index in [9.17, 15) is 4.39 Å². The second-order valence-corrected chi connectivity index (χ2v) is 5.84. The monoisotopic (exact) mass is 322 g/mol. The van der Waals surface area contributed by atoms with Crippen molar-refractivity contribution in [3.05, 3.63) is 76.5 Å². The molecule has 23 heavy (non-hydrogen) atoms. The Hall–Kier alpha value is -2.86. The maximum absolute atomic E-state index is 13.6. The molecule has 2 aromatic heterocycles. The number of amidine groups is 2. The summed E-state index contributed by atoms with van der Waals surface area (Å²) in [6.45, 7) is 0. The number of hydrogen-bond donors (Lipinski definition) is 1. The number of hydrogen-bond acceptors (Lipinski definition) is 5. The van der Waals surface area contributed by atoms with E-state index in [-0.39, 0.29) is 5.82 Å². The highest BCUT2D eigenvalue weighted by atomic mass is 32.1. The molecule has 0 bridgehead atoms. The Labute approximate surface area is 136 Å². The van der Waals surface area contributed by atoms with Crippen LogP contribution in [0.25, 0.3) is 0 Å². The van der Waals surface area contributed by atoms with Gasteiger partial charge in [0.05, 0.1) is 16.3 Å². The average molecular weight is 322 g/mol. The highest BCUT2D eigenvalue weighted by molar-refractivity contribution is 7.12. The van der Waals surface area contributed by atoms with E-state index in [2.05, 4.69) is 20.3 Å². The second kappa shape index (κ2) is 5.73. The van der Waals surface area contributed by atoms with Gasteiger partial charge in [0, 0.05) is 18.0 Å². The van der Waals surface area contributed by atoms with E-state index in [1.165, 1.54) is 12.1 Å². The van der Waals surface area contributed by atoms with Crippen LogP contribution in [0.5, 0.6) is 0 Å². The van der Waals surface area contributed by atoms with Crippen LogP contribution in [0.3, 0.4) is 0 Å². The maximum atomic E-state index is 13.6. The molecule has 0 unspecified atom stereocenters. The Bertz CT molecular complexity index is 902. The summed E-state index contributed by atoms with van der Waals surface area (Å²) in [5.41, 5.74) is 2.11. The molecule has 6 heteroatoms. The molecule has 4 rings (SSSR count). The Morgan fingerprint density at radius 2 is 1.87 bits per heavy atom. The minimum Gasteiger partial charge on any atom is -0.338 e. The highest BCUT2D eigenvalue weighted by Crippen LogP contribution is 2.30. The number of anilines is 1. The SMILES string of the molecule is Fc1ccc2c(c1)NC(c1ccncc1)=NC(c1cccs1)=N2. The van der Waals surface area contributed by atoms with Gasteiger partial charge in [-0.05, 0) is 41.8 Å². The fourth-order valence-corrected chi connectivity index (χ4v) is 2.93. The van der Waals surface area contributed by atoms with E-state index in [1.807, 2.05) is 29.6 Å². The molecule has 0 radical (unpaired) electrons. The molecule has 1 aliphatic rings. The lowest BCUT2D eigenvalue weighted by atomic mass is 10.2. The number of nitrogens with one attached hydrogen (secondary N) is 1. The van der Waals surface area contributed by atoms with Crippen molar-refractivity contribution >= 4 is 34.4 Å². The van der Waals surface area contributed by atoms with Crippen molar-refractivity contribution in [1.82, 2.24) is 4.98 Å². The number of nitrogens with zero attached hydrogens (tertiary/aromatic N) is 3. The second-order valence-electron chi connectivity index (χ2n) is 4.90. The van der Waals surface area contributed by atoms with Crippen molar-refractivity contribution in [2.45, 2.75) is 0 Å². The number of rotatable bonds is 2. The molecular formula is C17H11FN4S. The zero-order valence-corrected chi connectivity index (χ0v) is 12.7. The van der Waals surface area contributed by atoms with Gasteiger partial charge in [-0.15, -0.1) is 11.3 Å². The van der Waals surface area contributed by atoms with Gasteiger partial charge in [0.1, 0.15) is 11.7 Å². The van der Waals surface area contributed by atoms with Crippen LogP contribution in [0.15, 0.2) is 70.2 Å². The quantitative estimate of drug-likeness (QED) is 0.767.